The fourth-order valence-electron chi connectivity index (χ4n) is 2.35. The van der Waals surface area contributed by atoms with Crippen molar-refractivity contribution < 1.29 is 0 Å². The largest absolute Gasteiger partial charge is 0.338 e. The van der Waals surface area contributed by atoms with E-state index in [1.165, 1.54) is 25.3 Å². The second-order valence-corrected chi connectivity index (χ2v) is 4.90. The quantitative estimate of drug-likeness (QED) is 0.752. The second kappa shape index (κ2) is 4.35. The molecule has 0 bridgehead atoms. The number of nitrogens with zero attached hydrogens (tertiary/aromatic N) is 3. The van der Waals surface area contributed by atoms with Crippen LogP contribution in [0.15, 0.2) is 12.4 Å². The Labute approximate surface area is 92.1 Å². The first-order chi connectivity index (χ1) is 7.16. The highest BCUT2D eigenvalue weighted by Gasteiger charge is 2.24. The summed E-state index contributed by atoms with van der Waals surface area (Å²) in [5.74, 6) is 2.03. The summed E-state index contributed by atoms with van der Waals surface area (Å²) in [6.45, 7) is 7.06. The molecule has 2 heterocycles. The van der Waals surface area contributed by atoms with E-state index in [0.717, 1.165) is 12.3 Å². The summed E-state index contributed by atoms with van der Waals surface area (Å²) in [5, 5.41) is 0. The lowest BCUT2D eigenvalue weighted by Crippen LogP contribution is -2.28. The van der Waals surface area contributed by atoms with Crippen LogP contribution in [0.2, 0.25) is 0 Å². The lowest BCUT2D eigenvalue weighted by Gasteiger charge is -2.20. The predicted octanol–water partition coefficient (Wildman–Crippen LogP) is 1.69. The number of aryl methyl sites for hydroxylation is 1. The summed E-state index contributed by atoms with van der Waals surface area (Å²) in [6.07, 6.45) is 6.38. The Kier molecular flexibility index (Phi) is 3.10. The molecule has 1 atom stereocenters. The summed E-state index contributed by atoms with van der Waals surface area (Å²) in [5.41, 5.74) is 0. The monoisotopic (exact) mass is 207 g/mol. The van der Waals surface area contributed by atoms with Crippen LogP contribution in [-0.2, 0) is 13.5 Å². The minimum atomic E-state index is 0.691. The van der Waals surface area contributed by atoms with Crippen LogP contribution in [-0.4, -0.2) is 33.6 Å². The van der Waals surface area contributed by atoms with E-state index in [4.69, 9.17) is 0 Å². The maximum absolute atomic E-state index is 4.39. The van der Waals surface area contributed by atoms with E-state index >= 15 is 0 Å². The van der Waals surface area contributed by atoms with Crippen LogP contribution in [0.3, 0.4) is 0 Å². The zero-order valence-electron chi connectivity index (χ0n) is 9.98. The molecule has 1 unspecified atom stereocenters. The van der Waals surface area contributed by atoms with Crippen molar-refractivity contribution in [3.8, 4) is 0 Å². The first kappa shape index (κ1) is 10.7. The number of hydrogen-bond acceptors (Lipinski definition) is 2. The molecule has 15 heavy (non-hydrogen) atoms. The van der Waals surface area contributed by atoms with E-state index in [1.54, 1.807) is 0 Å². The van der Waals surface area contributed by atoms with Crippen molar-refractivity contribution in [2.45, 2.75) is 32.7 Å². The van der Waals surface area contributed by atoms with Crippen molar-refractivity contribution in [3.05, 3.63) is 18.2 Å². The summed E-state index contributed by atoms with van der Waals surface area (Å²) in [4.78, 5) is 6.96. The number of imidazole rings is 1. The molecule has 3 nitrogen and oxygen atoms in total. The summed E-state index contributed by atoms with van der Waals surface area (Å²) in [7, 11) is 2.08. The molecule has 1 aliphatic rings. The lowest BCUT2D eigenvalue weighted by molar-refractivity contribution is 0.264. The van der Waals surface area contributed by atoms with Gasteiger partial charge in [0.15, 0.2) is 0 Å². The Hall–Kier alpha value is -0.830. The standard InChI is InChI=1S/C12H21N3/c1-10(2)15-6-4-11(9-15)8-12-13-5-7-14(12)3/h5,7,10-11H,4,6,8-9H2,1-3H3. The van der Waals surface area contributed by atoms with Crippen LogP contribution >= 0.6 is 0 Å². The average molecular weight is 207 g/mol. The molecule has 1 saturated heterocycles. The Bertz CT molecular complexity index is 316. The predicted molar refractivity (Wildman–Crippen MR) is 61.7 cm³/mol. The topological polar surface area (TPSA) is 21.1 Å². The van der Waals surface area contributed by atoms with Gasteiger partial charge in [0.2, 0.25) is 0 Å². The number of aromatic nitrogens is 2. The molecular formula is C12H21N3. The van der Waals surface area contributed by atoms with Crippen molar-refractivity contribution in [3.63, 3.8) is 0 Å². The second-order valence-electron chi connectivity index (χ2n) is 4.90. The maximum Gasteiger partial charge on any atom is 0.108 e. The minimum absolute atomic E-state index is 0.691. The maximum atomic E-state index is 4.39. The molecule has 2 rings (SSSR count). The number of hydrogen-bond donors (Lipinski definition) is 0. The molecule has 0 radical (unpaired) electrons. The van der Waals surface area contributed by atoms with Gasteiger partial charge in [0, 0.05) is 38.4 Å². The smallest absolute Gasteiger partial charge is 0.108 e. The molecule has 1 fully saturated rings. The average Bonchev–Trinajstić information content (AvgIpc) is 2.77. The van der Waals surface area contributed by atoms with Gasteiger partial charge in [0.25, 0.3) is 0 Å². The van der Waals surface area contributed by atoms with Crippen LogP contribution in [0.1, 0.15) is 26.1 Å². The number of rotatable bonds is 3. The molecule has 0 aliphatic carbocycles. The molecule has 1 aromatic heterocycles. The molecule has 1 aliphatic heterocycles. The Morgan fingerprint density at radius 3 is 2.87 bits per heavy atom. The third kappa shape index (κ3) is 2.40. The van der Waals surface area contributed by atoms with Crippen molar-refractivity contribution in [2.75, 3.05) is 13.1 Å². The van der Waals surface area contributed by atoms with E-state index in [-0.39, 0.29) is 0 Å². The van der Waals surface area contributed by atoms with Gasteiger partial charge in [0.05, 0.1) is 0 Å². The number of likely N-dealkylation sites (tertiary alicyclic amines) is 1. The van der Waals surface area contributed by atoms with Crippen molar-refractivity contribution in [1.29, 1.82) is 0 Å². The molecule has 0 N–H and O–H groups in total. The molecule has 0 spiro atoms. The zero-order valence-corrected chi connectivity index (χ0v) is 9.98. The molecule has 0 saturated carbocycles. The van der Waals surface area contributed by atoms with Gasteiger partial charge < -0.3 is 9.47 Å². The highest BCUT2D eigenvalue weighted by Crippen LogP contribution is 2.21. The Morgan fingerprint density at radius 1 is 1.53 bits per heavy atom. The fourth-order valence-corrected chi connectivity index (χ4v) is 2.35. The first-order valence-corrected chi connectivity index (χ1v) is 5.87. The van der Waals surface area contributed by atoms with E-state index in [9.17, 15) is 0 Å². The summed E-state index contributed by atoms with van der Waals surface area (Å²) in [6, 6.07) is 0.691. The van der Waals surface area contributed by atoms with Crippen LogP contribution in [0.25, 0.3) is 0 Å². The Balaban J connectivity index is 1.90. The lowest BCUT2D eigenvalue weighted by atomic mass is 10.0. The highest BCUT2D eigenvalue weighted by atomic mass is 15.2. The highest BCUT2D eigenvalue weighted by molar-refractivity contribution is 4.95. The summed E-state index contributed by atoms with van der Waals surface area (Å²) < 4.78 is 2.14. The minimum Gasteiger partial charge on any atom is -0.338 e. The fraction of sp³-hybridized carbons (Fsp3) is 0.750. The van der Waals surface area contributed by atoms with Crippen molar-refractivity contribution >= 4 is 0 Å². The zero-order chi connectivity index (χ0) is 10.8. The van der Waals surface area contributed by atoms with Gasteiger partial charge in [-0.15, -0.1) is 0 Å². The summed E-state index contributed by atoms with van der Waals surface area (Å²) >= 11 is 0. The van der Waals surface area contributed by atoms with Gasteiger partial charge in [-0.1, -0.05) is 0 Å². The van der Waals surface area contributed by atoms with Gasteiger partial charge >= 0.3 is 0 Å². The molecule has 0 amide bonds. The molecule has 0 aromatic carbocycles. The van der Waals surface area contributed by atoms with E-state index in [0.29, 0.717) is 6.04 Å². The van der Waals surface area contributed by atoms with Gasteiger partial charge in [-0.3, -0.25) is 0 Å². The van der Waals surface area contributed by atoms with Gasteiger partial charge in [-0.25, -0.2) is 4.98 Å². The third-order valence-electron chi connectivity index (χ3n) is 3.44. The SMILES string of the molecule is CC(C)N1CCC(Cc2nccn2C)C1. The first-order valence-electron chi connectivity index (χ1n) is 5.87. The molecule has 3 heteroatoms. The van der Waals surface area contributed by atoms with Gasteiger partial charge in [-0.2, -0.15) is 0 Å². The van der Waals surface area contributed by atoms with E-state index in [1.807, 2.05) is 12.4 Å². The van der Waals surface area contributed by atoms with Crippen LogP contribution in [0, 0.1) is 5.92 Å². The van der Waals surface area contributed by atoms with E-state index < -0.39 is 0 Å². The van der Waals surface area contributed by atoms with E-state index in [2.05, 4.69) is 35.3 Å². The molecule has 1 aromatic rings. The normalized spacial score (nSPS) is 22.8. The third-order valence-corrected chi connectivity index (χ3v) is 3.44. The van der Waals surface area contributed by atoms with Crippen LogP contribution < -0.4 is 0 Å². The Morgan fingerprint density at radius 2 is 2.33 bits per heavy atom. The van der Waals surface area contributed by atoms with Crippen molar-refractivity contribution in [2.24, 2.45) is 13.0 Å². The van der Waals surface area contributed by atoms with Crippen molar-refractivity contribution in [1.82, 2.24) is 14.5 Å². The van der Waals surface area contributed by atoms with Gasteiger partial charge in [-0.05, 0) is 32.7 Å². The van der Waals surface area contributed by atoms with Crippen LogP contribution in [0.4, 0.5) is 0 Å². The van der Waals surface area contributed by atoms with Gasteiger partial charge in [0.1, 0.15) is 5.82 Å². The van der Waals surface area contributed by atoms with Crippen LogP contribution in [0.5, 0.6) is 0 Å². The molecular weight excluding hydrogens is 186 g/mol. The molecule has 84 valence electrons.